The molecular weight excluding hydrogens is 858 g/mol. The first-order valence-electron chi connectivity index (χ1n) is 17.8. The molecule has 12 nitrogen and oxygen atoms in total. The maximum atomic E-state index is 13.1. The zero-order valence-corrected chi connectivity index (χ0v) is 36.0. The number of anilines is 2. The summed E-state index contributed by atoms with van der Waals surface area (Å²) in [5.74, 6) is 0.732. The van der Waals surface area contributed by atoms with Crippen LogP contribution in [0.1, 0.15) is 43.6 Å². The van der Waals surface area contributed by atoms with E-state index in [0.717, 1.165) is 0 Å². The second kappa shape index (κ2) is 19.1. The van der Waals surface area contributed by atoms with E-state index in [-0.39, 0.29) is 59.5 Å². The summed E-state index contributed by atoms with van der Waals surface area (Å²) in [4.78, 5) is 16.6. The van der Waals surface area contributed by atoms with Crippen LogP contribution in [0.2, 0.25) is 10.0 Å². The third-order valence-corrected chi connectivity index (χ3v) is 13.0. The molecule has 17 heteroatoms. The van der Waals surface area contributed by atoms with Gasteiger partial charge in [-0.3, -0.25) is 19.2 Å². The van der Waals surface area contributed by atoms with E-state index in [0.29, 0.717) is 22.1 Å². The molecule has 0 unspecified atom stereocenters. The van der Waals surface area contributed by atoms with Gasteiger partial charge >= 0.3 is 0 Å². The van der Waals surface area contributed by atoms with Crippen molar-refractivity contribution in [2.24, 2.45) is 0 Å². The first-order chi connectivity index (χ1) is 27.9. The van der Waals surface area contributed by atoms with E-state index in [2.05, 4.69) is 14.4 Å². The van der Waals surface area contributed by atoms with Gasteiger partial charge in [0.05, 0.1) is 43.2 Å². The highest BCUT2D eigenvalue weighted by molar-refractivity contribution is 7.93. The largest absolute Gasteiger partial charge is 0.491 e. The summed E-state index contributed by atoms with van der Waals surface area (Å²) in [7, 11) is -12.0. The molecular formula is C42H39Cl2N3O9S3. The summed E-state index contributed by atoms with van der Waals surface area (Å²) in [6.45, 7) is 7.49. The van der Waals surface area contributed by atoms with Crippen molar-refractivity contribution in [1.29, 1.82) is 0 Å². The molecule has 0 saturated carbocycles. The van der Waals surface area contributed by atoms with Crippen molar-refractivity contribution in [3.8, 4) is 11.5 Å². The molecule has 5 aromatic carbocycles. The van der Waals surface area contributed by atoms with Gasteiger partial charge in [0.15, 0.2) is 5.78 Å². The molecule has 0 fully saturated rings. The van der Waals surface area contributed by atoms with Gasteiger partial charge in [-0.2, -0.15) is 0 Å². The number of carbonyl (C=O) groups excluding carboxylic acids is 1. The number of ketones is 1. The van der Waals surface area contributed by atoms with Crippen LogP contribution in [0.25, 0.3) is 0 Å². The van der Waals surface area contributed by atoms with Gasteiger partial charge in [-0.05, 0) is 137 Å². The van der Waals surface area contributed by atoms with Crippen molar-refractivity contribution in [2.45, 2.75) is 59.5 Å². The average molecular weight is 897 g/mol. The molecule has 1 heterocycles. The van der Waals surface area contributed by atoms with E-state index in [1.807, 2.05) is 27.7 Å². The van der Waals surface area contributed by atoms with Gasteiger partial charge in [0.2, 0.25) is 9.84 Å². The van der Waals surface area contributed by atoms with Gasteiger partial charge in [-0.25, -0.2) is 25.3 Å². The second-order valence-corrected chi connectivity index (χ2v) is 19.4. The first-order valence-corrected chi connectivity index (χ1v) is 23.0. The van der Waals surface area contributed by atoms with Crippen molar-refractivity contribution < 1.29 is 39.5 Å². The van der Waals surface area contributed by atoms with E-state index in [4.69, 9.17) is 32.7 Å². The molecule has 0 bridgehead atoms. The normalized spacial score (nSPS) is 11.7. The Morgan fingerprint density at radius 1 is 0.559 bits per heavy atom. The lowest BCUT2D eigenvalue weighted by molar-refractivity contribution is 0.103. The Morgan fingerprint density at radius 3 is 1.51 bits per heavy atom. The van der Waals surface area contributed by atoms with Crippen LogP contribution in [-0.2, 0) is 29.9 Å². The predicted octanol–water partition coefficient (Wildman–Crippen LogP) is 9.31. The standard InChI is InChI=1S/C21H19ClN2O4S.C21H20ClNO5S2/c1-14(2)28-17-4-6-18(7-5-17)29(26,27)24-20-8-3-16(22)13-19(20)21(25)15-9-11-23-12-10-15;1-15(2)28-17-9-11-19(12-10-17)30(26,27)23-20-13-8-16(22)14-21(20)29(24,25)18-6-4-3-5-7-18/h3-14,24H,1-2H3;3-15,23H,1-2H3. The van der Waals surface area contributed by atoms with E-state index in [1.165, 1.54) is 97.3 Å². The Labute approximate surface area is 354 Å². The fourth-order valence-corrected chi connectivity index (χ4v) is 9.42. The minimum absolute atomic E-state index is 0.0218. The molecule has 308 valence electrons. The minimum atomic E-state index is -4.05. The van der Waals surface area contributed by atoms with Gasteiger partial charge in [0.25, 0.3) is 20.0 Å². The number of carbonyl (C=O) groups is 1. The number of aromatic nitrogens is 1. The fraction of sp³-hybridized carbons (Fsp3) is 0.143. The van der Waals surface area contributed by atoms with Gasteiger partial charge in [0.1, 0.15) is 11.5 Å². The Morgan fingerprint density at radius 2 is 1.02 bits per heavy atom. The summed E-state index contributed by atoms with van der Waals surface area (Å²) in [5, 5.41) is 0.489. The topological polar surface area (TPSA) is 175 Å². The summed E-state index contributed by atoms with van der Waals surface area (Å²) in [5.41, 5.74) is 0.564. The fourth-order valence-electron chi connectivity index (χ4n) is 5.33. The maximum absolute atomic E-state index is 13.1. The lowest BCUT2D eigenvalue weighted by Crippen LogP contribution is -2.16. The summed E-state index contributed by atoms with van der Waals surface area (Å²) in [6, 6.07) is 31.1. The highest BCUT2D eigenvalue weighted by Gasteiger charge is 2.25. The number of sulfone groups is 1. The Kier molecular flexibility index (Phi) is 14.4. The zero-order valence-electron chi connectivity index (χ0n) is 32.0. The molecule has 1 aromatic heterocycles. The Hall–Kier alpha value is -5.45. The molecule has 0 radical (unpaired) electrons. The quantitative estimate of drug-likeness (QED) is 0.100. The number of nitrogens with zero attached hydrogens (tertiary/aromatic N) is 1. The first kappa shape index (κ1) is 44.6. The number of hydrogen-bond acceptors (Lipinski definition) is 10. The third-order valence-electron chi connectivity index (χ3n) is 7.96. The van der Waals surface area contributed by atoms with E-state index in [9.17, 15) is 30.0 Å². The number of rotatable bonds is 14. The smallest absolute Gasteiger partial charge is 0.261 e. The molecule has 0 aliphatic heterocycles. The minimum Gasteiger partial charge on any atom is -0.491 e. The number of benzene rings is 5. The molecule has 2 N–H and O–H groups in total. The third kappa shape index (κ3) is 11.8. The zero-order chi connectivity index (χ0) is 43.0. The van der Waals surface area contributed by atoms with Crippen LogP contribution in [0.4, 0.5) is 11.4 Å². The number of halogens is 2. The van der Waals surface area contributed by atoms with Gasteiger partial charge in [-0.15, -0.1) is 0 Å². The molecule has 0 saturated heterocycles. The Bertz CT molecular complexity index is 2740. The number of hydrogen-bond donors (Lipinski definition) is 2. The molecule has 0 aliphatic carbocycles. The monoisotopic (exact) mass is 895 g/mol. The number of sulfonamides is 2. The van der Waals surface area contributed by atoms with Gasteiger partial charge in [-0.1, -0.05) is 41.4 Å². The second-order valence-electron chi connectivity index (χ2n) is 13.2. The summed E-state index contributed by atoms with van der Waals surface area (Å²) < 4.78 is 93.4. The number of nitrogens with one attached hydrogen (secondary N) is 2. The van der Waals surface area contributed by atoms with E-state index in [1.54, 1.807) is 42.5 Å². The molecule has 0 spiro atoms. The van der Waals surface area contributed by atoms with Crippen LogP contribution in [-0.4, -0.2) is 48.2 Å². The SMILES string of the molecule is CC(C)Oc1ccc(S(=O)(=O)Nc2ccc(Cl)cc2C(=O)c2ccncc2)cc1.CC(C)Oc1ccc(S(=O)(=O)Nc2ccc(Cl)cc2S(=O)(=O)c2ccccc2)cc1. The van der Waals surface area contributed by atoms with Crippen molar-refractivity contribution in [1.82, 2.24) is 4.98 Å². The van der Waals surface area contributed by atoms with E-state index >= 15 is 0 Å². The van der Waals surface area contributed by atoms with Crippen LogP contribution < -0.4 is 18.9 Å². The van der Waals surface area contributed by atoms with Crippen molar-refractivity contribution in [3.63, 3.8) is 0 Å². The molecule has 59 heavy (non-hydrogen) atoms. The number of pyridine rings is 1. The Balaban J connectivity index is 0.000000224. The lowest BCUT2D eigenvalue weighted by atomic mass is 10.0. The highest BCUT2D eigenvalue weighted by atomic mass is 35.5. The molecule has 6 aromatic rings. The lowest BCUT2D eigenvalue weighted by Gasteiger charge is -2.14. The summed E-state index contributed by atoms with van der Waals surface area (Å²) >= 11 is 12.0. The van der Waals surface area contributed by atoms with Crippen LogP contribution in [0.3, 0.4) is 0 Å². The van der Waals surface area contributed by atoms with Crippen LogP contribution in [0, 0.1) is 0 Å². The van der Waals surface area contributed by atoms with Gasteiger partial charge < -0.3 is 9.47 Å². The maximum Gasteiger partial charge on any atom is 0.261 e. The molecule has 0 amide bonds. The molecule has 0 aliphatic rings. The predicted molar refractivity (Wildman–Crippen MR) is 228 cm³/mol. The van der Waals surface area contributed by atoms with Crippen LogP contribution >= 0.6 is 23.2 Å². The highest BCUT2D eigenvalue weighted by Crippen LogP contribution is 2.32. The summed E-state index contributed by atoms with van der Waals surface area (Å²) in [6.07, 6.45) is 2.90. The van der Waals surface area contributed by atoms with Crippen molar-refractivity contribution in [3.05, 3.63) is 161 Å². The van der Waals surface area contributed by atoms with Crippen LogP contribution in [0.15, 0.2) is 159 Å². The molecule has 6 rings (SSSR count). The number of ether oxygens (including phenoxy) is 2. The average Bonchev–Trinajstić information content (AvgIpc) is 3.19. The van der Waals surface area contributed by atoms with Crippen molar-refractivity contribution in [2.75, 3.05) is 9.44 Å². The van der Waals surface area contributed by atoms with Crippen molar-refractivity contribution >= 4 is 70.2 Å². The van der Waals surface area contributed by atoms with Crippen LogP contribution in [0.5, 0.6) is 11.5 Å². The van der Waals surface area contributed by atoms with Gasteiger partial charge in [0, 0.05) is 33.6 Å². The molecule has 0 atom stereocenters. The van der Waals surface area contributed by atoms with E-state index < -0.39 is 29.9 Å².